The predicted octanol–water partition coefficient (Wildman–Crippen LogP) is 3.44. The van der Waals surface area contributed by atoms with Crippen molar-refractivity contribution in [1.82, 2.24) is 5.32 Å². The Morgan fingerprint density at radius 1 is 1.27 bits per heavy atom. The number of hydrogen-bond donors (Lipinski definition) is 1. The van der Waals surface area contributed by atoms with Crippen molar-refractivity contribution in [2.45, 2.75) is 19.9 Å². The largest absolute Gasteiger partial charge is 0.307 e. The van der Waals surface area contributed by atoms with Crippen molar-refractivity contribution in [3.63, 3.8) is 0 Å². The number of allylic oxidation sites excluding steroid dienone is 1. The maximum absolute atomic E-state index is 5.54. The van der Waals surface area contributed by atoms with E-state index in [1.165, 1.54) is 11.1 Å². The van der Waals surface area contributed by atoms with E-state index < -0.39 is 0 Å². The van der Waals surface area contributed by atoms with Gasteiger partial charge in [0, 0.05) is 18.5 Å². The van der Waals surface area contributed by atoms with Crippen LogP contribution in [0, 0.1) is 6.92 Å². The molecule has 82 valence electrons. The zero-order valence-corrected chi connectivity index (χ0v) is 10.1. The van der Waals surface area contributed by atoms with Crippen LogP contribution in [0.5, 0.6) is 0 Å². The fraction of sp³-hybridized carbons (Fsp3) is 0.385. The highest BCUT2D eigenvalue weighted by molar-refractivity contribution is 6.18. The second-order valence-electron chi connectivity index (χ2n) is 3.67. The van der Waals surface area contributed by atoms with E-state index in [1.807, 2.05) is 6.08 Å². The van der Waals surface area contributed by atoms with E-state index >= 15 is 0 Å². The Hall–Kier alpha value is -0.790. The lowest BCUT2D eigenvalue weighted by atomic mass is 10.1. The van der Waals surface area contributed by atoms with Gasteiger partial charge in [-0.05, 0) is 19.4 Å². The molecule has 0 bridgehead atoms. The Kier molecular flexibility index (Phi) is 5.44. The number of halogens is 1. The van der Waals surface area contributed by atoms with Gasteiger partial charge in [-0.15, -0.1) is 11.6 Å². The average molecular weight is 224 g/mol. The minimum Gasteiger partial charge on any atom is -0.307 e. The second-order valence-corrected chi connectivity index (χ2v) is 3.97. The summed E-state index contributed by atoms with van der Waals surface area (Å²) in [5.74, 6) is 0.584. The Labute approximate surface area is 97.1 Å². The molecular formula is C13H18ClN. The van der Waals surface area contributed by atoms with Crippen LogP contribution in [0.25, 0.3) is 0 Å². The molecule has 1 atom stereocenters. The first kappa shape index (κ1) is 12.3. The smallest absolute Gasteiger partial charge is 0.0404 e. The van der Waals surface area contributed by atoms with Gasteiger partial charge in [-0.1, -0.05) is 42.0 Å². The van der Waals surface area contributed by atoms with Crippen LogP contribution >= 0.6 is 11.6 Å². The number of alkyl halides is 1. The van der Waals surface area contributed by atoms with Gasteiger partial charge in [0.25, 0.3) is 0 Å². The van der Waals surface area contributed by atoms with E-state index in [0.29, 0.717) is 11.9 Å². The SMILES string of the molecule is Cc1ccc([C@@H](C)NC/C=C/CCl)cc1. The third-order valence-corrected chi connectivity index (χ3v) is 2.55. The summed E-state index contributed by atoms with van der Waals surface area (Å²) >= 11 is 5.54. The first-order valence-electron chi connectivity index (χ1n) is 5.25. The zero-order valence-electron chi connectivity index (χ0n) is 9.33. The highest BCUT2D eigenvalue weighted by atomic mass is 35.5. The fourth-order valence-corrected chi connectivity index (χ4v) is 1.49. The van der Waals surface area contributed by atoms with Crippen LogP contribution in [-0.2, 0) is 0 Å². The molecule has 0 aliphatic rings. The fourth-order valence-electron chi connectivity index (χ4n) is 1.36. The molecule has 1 aromatic carbocycles. The van der Waals surface area contributed by atoms with Gasteiger partial charge < -0.3 is 5.32 Å². The monoisotopic (exact) mass is 223 g/mol. The molecule has 0 radical (unpaired) electrons. The van der Waals surface area contributed by atoms with Crippen LogP contribution in [0.15, 0.2) is 36.4 Å². The minimum absolute atomic E-state index is 0.380. The molecule has 15 heavy (non-hydrogen) atoms. The van der Waals surface area contributed by atoms with Gasteiger partial charge >= 0.3 is 0 Å². The number of hydrogen-bond acceptors (Lipinski definition) is 1. The van der Waals surface area contributed by atoms with Crippen molar-refractivity contribution >= 4 is 11.6 Å². The topological polar surface area (TPSA) is 12.0 Å². The number of nitrogens with one attached hydrogen (secondary N) is 1. The maximum atomic E-state index is 5.54. The van der Waals surface area contributed by atoms with Gasteiger partial charge in [-0.25, -0.2) is 0 Å². The molecule has 0 saturated carbocycles. The van der Waals surface area contributed by atoms with Gasteiger partial charge in [0.15, 0.2) is 0 Å². The van der Waals surface area contributed by atoms with Gasteiger partial charge in [0.2, 0.25) is 0 Å². The van der Waals surface area contributed by atoms with Crippen molar-refractivity contribution in [3.05, 3.63) is 47.5 Å². The van der Waals surface area contributed by atoms with E-state index in [-0.39, 0.29) is 0 Å². The molecule has 2 heteroatoms. The summed E-state index contributed by atoms with van der Waals surface area (Å²) in [5, 5.41) is 3.41. The van der Waals surface area contributed by atoms with E-state index in [9.17, 15) is 0 Å². The van der Waals surface area contributed by atoms with Crippen LogP contribution in [0.1, 0.15) is 24.1 Å². The number of aryl methyl sites for hydroxylation is 1. The van der Waals surface area contributed by atoms with Crippen molar-refractivity contribution in [2.24, 2.45) is 0 Å². The number of rotatable bonds is 5. The molecule has 0 fully saturated rings. The van der Waals surface area contributed by atoms with E-state index in [0.717, 1.165) is 6.54 Å². The summed E-state index contributed by atoms with van der Waals surface area (Å²) in [6.45, 7) is 5.13. The van der Waals surface area contributed by atoms with Crippen molar-refractivity contribution < 1.29 is 0 Å². The quantitative estimate of drug-likeness (QED) is 0.596. The van der Waals surface area contributed by atoms with E-state index in [2.05, 4.69) is 49.5 Å². The molecule has 0 spiro atoms. The summed E-state index contributed by atoms with van der Waals surface area (Å²) in [6, 6.07) is 8.99. The molecule has 0 unspecified atom stereocenters. The highest BCUT2D eigenvalue weighted by Crippen LogP contribution is 2.12. The molecule has 0 aliphatic heterocycles. The molecule has 0 heterocycles. The molecule has 0 amide bonds. The van der Waals surface area contributed by atoms with Gasteiger partial charge in [0.05, 0.1) is 0 Å². The Bertz CT molecular complexity index is 303. The third kappa shape index (κ3) is 4.50. The van der Waals surface area contributed by atoms with Crippen LogP contribution in [-0.4, -0.2) is 12.4 Å². The van der Waals surface area contributed by atoms with E-state index in [1.54, 1.807) is 0 Å². The predicted molar refractivity (Wildman–Crippen MR) is 67.5 cm³/mol. The van der Waals surface area contributed by atoms with Crippen LogP contribution < -0.4 is 5.32 Å². The summed E-state index contributed by atoms with van der Waals surface area (Å²) < 4.78 is 0. The van der Waals surface area contributed by atoms with Crippen LogP contribution in [0.4, 0.5) is 0 Å². The lowest BCUT2D eigenvalue weighted by molar-refractivity contribution is 0.617. The molecule has 1 nitrogen and oxygen atoms in total. The zero-order chi connectivity index (χ0) is 11.1. The van der Waals surface area contributed by atoms with Crippen LogP contribution in [0.2, 0.25) is 0 Å². The summed E-state index contributed by atoms with van der Waals surface area (Å²) in [4.78, 5) is 0. The molecule has 1 aromatic rings. The molecule has 0 aromatic heterocycles. The molecule has 1 rings (SSSR count). The third-order valence-electron chi connectivity index (χ3n) is 2.37. The first-order valence-corrected chi connectivity index (χ1v) is 5.78. The number of benzene rings is 1. The molecule has 0 saturated heterocycles. The minimum atomic E-state index is 0.380. The van der Waals surface area contributed by atoms with Gasteiger partial charge in [0.1, 0.15) is 0 Å². The lowest BCUT2D eigenvalue weighted by Gasteiger charge is -2.12. The standard InChI is InChI=1S/C13H18ClN/c1-11-5-7-13(8-6-11)12(2)15-10-4-3-9-14/h3-8,12,15H,9-10H2,1-2H3/b4-3+/t12-/m1/s1. The first-order chi connectivity index (χ1) is 7.24. The van der Waals surface area contributed by atoms with Crippen molar-refractivity contribution in [1.29, 1.82) is 0 Å². The Morgan fingerprint density at radius 3 is 2.53 bits per heavy atom. The van der Waals surface area contributed by atoms with Crippen LogP contribution in [0.3, 0.4) is 0 Å². The summed E-state index contributed by atoms with van der Waals surface area (Å²) in [7, 11) is 0. The molecular weight excluding hydrogens is 206 g/mol. The average Bonchev–Trinajstić information content (AvgIpc) is 2.25. The Balaban J connectivity index is 2.43. The van der Waals surface area contributed by atoms with Gasteiger partial charge in [-0.3, -0.25) is 0 Å². The molecule has 1 N–H and O–H groups in total. The van der Waals surface area contributed by atoms with Crippen molar-refractivity contribution in [3.8, 4) is 0 Å². The normalized spacial score (nSPS) is 13.3. The Morgan fingerprint density at radius 2 is 1.93 bits per heavy atom. The summed E-state index contributed by atoms with van der Waals surface area (Å²) in [6.07, 6.45) is 4.01. The lowest BCUT2D eigenvalue weighted by Crippen LogP contribution is -2.18. The maximum Gasteiger partial charge on any atom is 0.0404 e. The van der Waals surface area contributed by atoms with Gasteiger partial charge in [-0.2, -0.15) is 0 Å². The highest BCUT2D eigenvalue weighted by Gasteiger charge is 2.01. The van der Waals surface area contributed by atoms with Crippen molar-refractivity contribution in [2.75, 3.05) is 12.4 Å². The summed E-state index contributed by atoms with van der Waals surface area (Å²) in [5.41, 5.74) is 2.62. The second kappa shape index (κ2) is 6.65. The van der Waals surface area contributed by atoms with E-state index in [4.69, 9.17) is 11.6 Å². The molecule has 0 aliphatic carbocycles.